The van der Waals surface area contributed by atoms with Crippen molar-refractivity contribution in [3.63, 3.8) is 0 Å². The van der Waals surface area contributed by atoms with Crippen LogP contribution >= 0.6 is 0 Å². The number of nitrogens with one attached hydrogen (secondary N) is 2. The summed E-state index contributed by atoms with van der Waals surface area (Å²) < 4.78 is 2.72. The van der Waals surface area contributed by atoms with E-state index in [1.165, 1.54) is 21.8 Å². The lowest BCUT2D eigenvalue weighted by Gasteiger charge is -2.12. The standard InChI is InChI=1S/C21H18N6O3/c1-26-13-15(11-22-26)19(28)23-24-20(29)18-16-9-5-6-10-17(16)21(30)27(25-18)12-14-7-3-2-4-8-14/h2-11,13H,12H2,1H3,(H,23,28)(H,24,29). The minimum atomic E-state index is -0.634. The Labute approximate surface area is 170 Å². The molecule has 0 aliphatic carbocycles. The smallest absolute Gasteiger partial charge is 0.275 e. The van der Waals surface area contributed by atoms with Gasteiger partial charge in [0.05, 0.1) is 23.7 Å². The molecular weight excluding hydrogens is 384 g/mol. The number of hydrogen-bond donors (Lipinski definition) is 2. The van der Waals surface area contributed by atoms with Crippen molar-refractivity contribution in [1.82, 2.24) is 30.4 Å². The molecule has 2 amide bonds. The highest BCUT2D eigenvalue weighted by molar-refractivity contribution is 6.05. The first-order valence-corrected chi connectivity index (χ1v) is 9.16. The first-order chi connectivity index (χ1) is 14.5. The Hall–Kier alpha value is -4.27. The molecule has 150 valence electrons. The molecule has 9 nitrogen and oxygen atoms in total. The molecule has 2 aromatic heterocycles. The van der Waals surface area contributed by atoms with Crippen LogP contribution in [0.2, 0.25) is 0 Å². The number of carbonyl (C=O) groups is 2. The van der Waals surface area contributed by atoms with Crippen molar-refractivity contribution in [1.29, 1.82) is 0 Å². The summed E-state index contributed by atoms with van der Waals surface area (Å²) in [5, 5.41) is 8.96. The molecule has 0 atom stereocenters. The van der Waals surface area contributed by atoms with Crippen molar-refractivity contribution in [2.75, 3.05) is 0 Å². The van der Waals surface area contributed by atoms with Crippen molar-refractivity contribution in [2.24, 2.45) is 7.05 Å². The van der Waals surface area contributed by atoms with E-state index in [4.69, 9.17) is 0 Å². The molecule has 2 heterocycles. The second kappa shape index (κ2) is 8.00. The molecule has 0 fully saturated rings. The van der Waals surface area contributed by atoms with Gasteiger partial charge in [0.15, 0.2) is 5.69 Å². The number of aromatic nitrogens is 4. The lowest BCUT2D eigenvalue weighted by molar-refractivity contribution is 0.0843. The number of carbonyl (C=O) groups excluding carboxylic acids is 2. The van der Waals surface area contributed by atoms with E-state index in [1.54, 1.807) is 31.3 Å². The minimum Gasteiger partial charge on any atom is -0.275 e. The molecule has 2 N–H and O–H groups in total. The number of hydrazine groups is 1. The van der Waals surface area contributed by atoms with Crippen LogP contribution in [0.15, 0.2) is 71.8 Å². The van der Waals surface area contributed by atoms with Gasteiger partial charge in [-0.25, -0.2) is 4.68 Å². The van der Waals surface area contributed by atoms with Crippen molar-refractivity contribution in [2.45, 2.75) is 6.54 Å². The van der Waals surface area contributed by atoms with E-state index in [0.717, 1.165) is 5.56 Å². The summed E-state index contributed by atoms with van der Waals surface area (Å²) in [4.78, 5) is 37.8. The maximum Gasteiger partial charge on any atom is 0.290 e. The van der Waals surface area contributed by atoms with Crippen LogP contribution in [0.1, 0.15) is 26.4 Å². The predicted octanol–water partition coefficient (Wildman–Crippen LogP) is 1.25. The number of hydrogen-bond acceptors (Lipinski definition) is 5. The van der Waals surface area contributed by atoms with Crippen LogP contribution in [0.5, 0.6) is 0 Å². The van der Waals surface area contributed by atoms with E-state index < -0.39 is 11.8 Å². The van der Waals surface area contributed by atoms with Gasteiger partial charge in [0.2, 0.25) is 0 Å². The molecule has 4 aromatic rings. The lowest BCUT2D eigenvalue weighted by atomic mass is 10.1. The van der Waals surface area contributed by atoms with E-state index in [2.05, 4.69) is 21.0 Å². The molecule has 0 aliphatic rings. The predicted molar refractivity (Wildman–Crippen MR) is 110 cm³/mol. The molecule has 9 heteroatoms. The SMILES string of the molecule is Cn1cc(C(=O)NNC(=O)c2nn(Cc3ccccc3)c(=O)c3ccccc23)cn1. The Morgan fingerprint density at radius 3 is 2.30 bits per heavy atom. The van der Waals surface area contributed by atoms with Gasteiger partial charge in [0.25, 0.3) is 17.4 Å². The van der Waals surface area contributed by atoms with Gasteiger partial charge >= 0.3 is 0 Å². The summed E-state index contributed by atoms with van der Waals surface area (Å²) in [6.07, 6.45) is 2.91. The summed E-state index contributed by atoms with van der Waals surface area (Å²) >= 11 is 0. The van der Waals surface area contributed by atoms with Crippen molar-refractivity contribution in [3.05, 3.63) is 94.2 Å². The Kier molecular flexibility index (Phi) is 5.08. The van der Waals surface area contributed by atoms with Crippen LogP contribution in [0.4, 0.5) is 0 Å². The summed E-state index contributed by atoms with van der Waals surface area (Å²) in [6, 6.07) is 16.1. The van der Waals surface area contributed by atoms with Crippen molar-refractivity contribution in [3.8, 4) is 0 Å². The van der Waals surface area contributed by atoms with Gasteiger partial charge in [0.1, 0.15) is 0 Å². The lowest BCUT2D eigenvalue weighted by Crippen LogP contribution is -2.42. The topological polar surface area (TPSA) is 111 Å². The minimum absolute atomic E-state index is 0.0348. The zero-order valence-electron chi connectivity index (χ0n) is 16.1. The maximum absolute atomic E-state index is 12.9. The molecule has 4 rings (SSSR count). The van der Waals surface area contributed by atoms with Gasteiger partial charge in [-0.3, -0.25) is 29.9 Å². The zero-order valence-corrected chi connectivity index (χ0v) is 16.1. The van der Waals surface area contributed by atoms with Gasteiger partial charge in [-0.15, -0.1) is 0 Å². The highest BCUT2D eigenvalue weighted by Crippen LogP contribution is 2.13. The summed E-state index contributed by atoms with van der Waals surface area (Å²) in [6.45, 7) is 0.215. The van der Waals surface area contributed by atoms with Crippen LogP contribution < -0.4 is 16.4 Å². The van der Waals surface area contributed by atoms with Gasteiger partial charge in [0, 0.05) is 18.6 Å². The maximum atomic E-state index is 12.9. The van der Waals surface area contributed by atoms with Crippen molar-refractivity contribution >= 4 is 22.6 Å². The number of aryl methyl sites for hydroxylation is 1. The average molecular weight is 402 g/mol. The Bertz CT molecular complexity index is 1290. The van der Waals surface area contributed by atoms with E-state index in [1.807, 2.05) is 30.3 Å². The Morgan fingerprint density at radius 2 is 1.60 bits per heavy atom. The van der Waals surface area contributed by atoms with E-state index in [0.29, 0.717) is 16.3 Å². The van der Waals surface area contributed by atoms with Crippen molar-refractivity contribution < 1.29 is 9.59 Å². The van der Waals surface area contributed by atoms with Gasteiger partial charge in [-0.2, -0.15) is 10.2 Å². The monoisotopic (exact) mass is 402 g/mol. The van der Waals surface area contributed by atoms with E-state index in [9.17, 15) is 14.4 Å². The number of nitrogens with zero attached hydrogens (tertiary/aromatic N) is 4. The molecule has 0 spiro atoms. The molecular formula is C21H18N6O3. The fourth-order valence-electron chi connectivity index (χ4n) is 3.05. The molecule has 30 heavy (non-hydrogen) atoms. The van der Waals surface area contributed by atoms with E-state index in [-0.39, 0.29) is 17.8 Å². The van der Waals surface area contributed by atoms with Crippen LogP contribution in [-0.2, 0) is 13.6 Å². The molecule has 2 aromatic carbocycles. The first kappa shape index (κ1) is 19.1. The number of amides is 2. The van der Waals surface area contributed by atoms with Gasteiger partial charge in [-0.05, 0) is 11.6 Å². The Morgan fingerprint density at radius 1 is 0.933 bits per heavy atom. The second-order valence-electron chi connectivity index (χ2n) is 6.65. The van der Waals surface area contributed by atoms with Crippen LogP contribution in [0, 0.1) is 0 Å². The molecule has 0 radical (unpaired) electrons. The third-order valence-corrected chi connectivity index (χ3v) is 4.51. The molecule has 0 saturated heterocycles. The van der Waals surface area contributed by atoms with Crippen LogP contribution in [0.3, 0.4) is 0 Å². The fraction of sp³-hybridized carbons (Fsp3) is 0.0952. The highest BCUT2D eigenvalue weighted by atomic mass is 16.2. The number of benzene rings is 2. The number of rotatable bonds is 4. The summed E-state index contributed by atoms with van der Waals surface area (Å²) in [7, 11) is 1.68. The molecule has 0 unspecified atom stereocenters. The third kappa shape index (κ3) is 3.81. The summed E-state index contributed by atoms with van der Waals surface area (Å²) in [5.41, 5.74) is 5.60. The third-order valence-electron chi connectivity index (χ3n) is 4.51. The molecule has 0 bridgehead atoms. The quantitative estimate of drug-likeness (QED) is 0.499. The largest absolute Gasteiger partial charge is 0.290 e. The average Bonchev–Trinajstić information content (AvgIpc) is 3.21. The zero-order chi connectivity index (χ0) is 21.1. The molecule has 0 aliphatic heterocycles. The van der Waals surface area contributed by atoms with Gasteiger partial charge in [-0.1, -0.05) is 48.5 Å². The van der Waals surface area contributed by atoms with E-state index >= 15 is 0 Å². The second-order valence-corrected chi connectivity index (χ2v) is 6.65. The number of fused-ring (bicyclic) bond motifs is 1. The van der Waals surface area contributed by atoms with Crippen LogP contribution in [0.25, 0.3) is 10.8 Å². The van der Waals surface area contributed by atoms with Gasteiger partial charge < -0.3 is 0 Å². The first-order valence-electron chi connectivity index (χ1n) is 9.16. The highest BCUT2D eigenvalue weighted by Gasteiger charge is 2.18. The fourth-order valence-corrected chi connectivity index (χ4v) is 3.05. The molecule has 0 saturated carbocycles. The normalized spacial score (nSPS) is 10.7. The Balaban J connectivity index is 1.65. The summed E-state index contributed by atoms with van der Waals surface area (Å²) in [5.74, 6) is -1.15. The van der Waals surface area contributed by atoms with Crippen LogP contribution in [-0.4, -0.2) is 31.4 Å².